The number of rotatable bonds is 14. The summed E-state index contributed by atoms with van der Waals surface area (Å²) < 4.78 is 76.7. The minimum atomic E-state index is -4.64. The molecule has 378 valence electrons. The second-order valence-corrected chi connectivity index (χ2v) is 25.3. The lowest BCUT2D eigenvalue weighted by Gasteiger charge is -2.51. The molecule has 1 amide bonds. The molecule has 22 heteroatoms. The number of carbonyl (C=O) groups excluding carboxylic acids is 3. The number of nitrogens with zero attached hydrogens (tertiary/aromatic N) is 1. The first-order valence-electron chi connectivity index (χ1n) is 22.0. The SMILES string of the molecule is CC#C/C=C\C#C[C@H](OC1OC(C)C(SC)(C(=O)c2nccc3c2[nH]c2ccc(C(F)(F)F)cc23)C(O)C1OC1CC(OC)C(NC(C)C)CO1)C1=C(NC(=O)OC)C(=O)C[C@H](O)/C1=C/CS(C)(=S)=S. The summed E-state index contributed by atoms with van der Waals surface area (Å²) in [5.74, 6) is 9.94. The van der Waals surface area contributed by atoms with Gasteiger partial charge < -0.3 is 48.9 Å². The number of aliphatic hydroxyl groups excluding tert-OH is 2. The highest BCUT2D eigenvalue weighted by Gasteiger charge is 2.61. The van der Waals surface area contributed by atoms with Crippen LogP contribution in [0.25, 0.3) is 21.8 Å². The predicted octanol–water partition coefficient (Wildman–Crippen LogP) is 5.18. The Morgan fingerprint density at radius 2 is 1.89 bits per heavy atom. The Morgan fingerprint density at radius 3 is 2.53 bits per heavy atom. The van der Waals surface area contributed by atoms with Crippen molar-refractivity contribution >= 4 is 80.8 Å². The highest BCUT2D eigenvalue weighted by Crippen LogP contribution is 2.46. The number of alkyl halides is 3. The molecule has 5 N–H and O–H groups in total. The fraction of sp³-hybridized carbons (Fsp3) is 0.500. The summed E-state index contributed by atoms with van der Waals surface area (Å²) in [5.41, 5.74) is -0.941. The number of ether oxygens (including phenoxy) is 6. The molecule has 0 saturated carbocycles. The van der Waals surface area contributed by atoms with Crippen LogP contribution in [0.2, 0.25) is 0 Å². The second kappa shape index (κ2) is 23.1. The van der Waals surface area contributed by atoms with Crippen LogP contribution in [0.3, 0.4) is 0 Å². The van der Waals surface area contributed by atoms with E-state index in [1.165, 1.54) is 44.5 Å². The molecule has 15 nitrogen and oxygen atoms in total. The van der Waals surface area contributed by atoms with Crippen LogP contribution in [0.1, 0.15) is 56.6 Å². The van der Waals surface area contributed by atoms with Crippen molar-refractivity contribution in [3.63, 3.8) is 0 Å². The molecule has 2 saturated heterocycles. The van der Waals surface area contributed by atoms with Crippen LogP contribution in [0.15, 0.2) is 65.5 Å². The normalized spacial score (nSPS) is 27.6. The van der Waals surface area contributed by atoms with E-state index < -0.39 is 96.9 Å². The maximum Gasteiger partial charge on any atom is 0.416 e. The fourth-order valence-corrected chi connectivity index (χ4v) is 10.6. The lowest BCUT2D eigenvalue weighted by molar-refractivity contribution is -0.323. The Labute approximate surface area is 417 Å². The summed E-state index contributed by atoms with van der Waals surface area (Å²) in [6.07, 6.45) is -7.93. The van der Waals surface area contributed by atoms with E-state index in [9.17, 15) is 33.0 Å². The lowest BCUT2D eigenvalue weighted by Crippen LogP contribution is -2.68. The third kappa shape index (κ3) is 12.1. The number of Topliss-reactive ketones (excluding diaryl/α,β-unsaturated/α-hetero) is 2. The molecule has 70 heavy (non-hydrogen) atoms. The number of ketones is 2. The van der Waals surface area contributed by atoms with Gasteiger partial charge in [0.25, 0.3) is 0 Å². The Balaban J connectivity index is 1.52. The topological polar surface area (TPSA) is 200 Å². The molecular formula is C48H55F3N4O11S4. The third-order valence-corrected chi connectivity index (χ3v) is 15.0. The molecular weight excluding hydrogens is 994 g/mol. The van der Waals surface area contributed by atoms with Gasteiger partial charge in [-0.1, -0.05) is 44.8 Å². The van der Waals surface area contributed by atoms with Gasteiger partial charge in [0, 0.05) is 59.8 Å². The molecule has 0 spiro atoms. The minimum Gasteiger partial charge on any atom is -0.453 e. The van der Waals surface area contributed by atoms with Crippen LogP contribution >= 0.6 is 11.8 Å². The van der Waals surface area contributed by atoms with E-state index in [0.717, 1.165) is 31.0 Å². The van der Waals surface area contributed by atoms with E-state index in [4.69, 9.17) is 50.8 Å². The highest BCUT2D eigenvalue weighted by molar-refractivity contribution is 8.56. The molecule has 6 rings (SSSR count). The number of benzene rings is 1. The van der Waals surface area contributed by atoms with Crippen LogP contribution in [-0.2, 0) is 68.9 Å². The van der Waals surface area contributed by atoms with E-state index in [2.05, 4.69) is 44.3 Å². The number of aromatic nitrogens is 2. The van der Waals surface area contributed by atoms with Gasteiger partial charge in [0.1, 0.15) is 28.8 Å². The number of amides is 1. The lowest BCUT2D eigenvalue weighted by atomic mass is 9.82. The summed E-state index contributed by atoms with van der Waals surface area (Å²) in [6, 6.07) is 4.49. The average Bonchev–Trinajstić information content (AvgIpc) is 3.68. The number of nitrogens with one attached hydrogen (secondary N) is 3. The van der Waals surface area contributed by atoms with Gasteiger partial charge >= 0.3 is 12.3 Å². The number of H-pyrrole nitrogens is 1. The molecule has 1 aliphatic carbocycles. The zero-order valence-electron chi connectivity index (χ0n) is 39.5. The van der Waals surface area contributed by atoms with Crippen LogP contribution in [-0.4, -0.2) is 143 Å². The van der Waals surface area contributed by atoms with E-state index >= 15 is 4.79 Å². The quantitative estimate of drug-likeness (QED) is 0.104. The molecule has 2 aliphatic heterocycles. The molecule has 3 aromatic rings. The van der Waals surface area contributed by atoms with Crippen LogP contribution in [0.4, 0.5) is 18.0 Å². The van der Waals surface area contributed by atoms with Gasteiger partial charge in [0.05, 0.1) is 54.8 Å². The molecule has 2 fully saturated rings. The number of hydrogen-bond donors (Lipinski definition) is 5. The first kappa shape index (κ1) is 55.1. The summed E-state index contributed by atoms with van der Waals surface area (Å²) in [5, 5.41) is 30.9. The van der Waals surface area contributed by atoms with Crippen LogP contribution in [0.5, 0.6) is 0 Å². The number of thioether (sulfide) groups is 1. The second-order valence-electron chi connectivity index (χ2n) is 17.0. The van der Waals surface area contributed by atoms with Crippen molar-refractivity contribution in [3.8, 4) is 23.7 Å². The fourth-order valence-electron chi connectivity index (χ4n) is 8.69. The van der Waals surface area contributed by atoms with Crippen LogP contribution in [0, 0.1) is 23.7 Å². The minimum absolute atomic E-state index is 0.0676. The molecule has 0 bridgehead atoms. The number of halogens is 3. The average molecular weight is 1050 g/mol. The Morgan fingerprint density at radius 1 is 1.16 bits per heavy atom. The maximum atomic E-state index is 15.4. The smallest absolute Gasteiger partial charge is 0.416 e. The Bertz CT molecular complexity index is 2810. The van der Waals surface area contributed by atoms with Crippen molar-refractivity contribution < 1.29 is 66.2 Å². The summed E-state index contributed by atoms with van der Waals surface area (Å²) in [7, 11) is 0.562. The third-order valence-electron chi connectivity index (χ3n) is 12.0. The largest absolute Gasteiger partial charge is 0.453 e. The number of methoxy groups -OCH3 is 2. The van der Waals surface area contributed by atoms with Gasteiger partial charge in [0.2, 0.25) is 5.78 Å². The zero-order chi connectivity index (χ0) is 51.3. The van der Waals surface area contributed by atoms with Gasteiger partial charge in [-0.25, -0.2) is 4.79 Å². The van der Waals surface area contributed by atoms with Gasteiger partial charge in [-0.05, 0) is 90.7 Å². The molecule has 1 aromatic carbocycles. The summed E-state index contributed by atoms with van der Waals surface area (Å²) in [4.78, 5) is 49.5. The van der Waals surface area contributed by atoms with Crippen molar-refractivity contribution in [1.29, 1.82) is 0 Å². The number of fused-ring (bicyclic) bond motifs is 3. The van der Waals surface area contributed by atoms with E-state index in [1.54, 1.807) is 25.5 Å². The summed E-state index contributed by atoms with van der Waals surface area (Å²) in [6.45, 7) is 7.21. The Kier molecular flexibility index (Phi) is 18.2. The van der Waals surface area contributed by atoms with Crippen LogP contribution < -0.4 is 10.6 Å². The van der Waals surface area contributed by atoms with Gasteiger partial charge in [-0.2, -0.15) is 13.2 Å². The highest BCUT2D eigenvalue weighted by atomic mass is 33.1. The molecule has 3 aliphatic rings. The molecule has 4 heterocycles. The standard InChI is InChI=1S/C48H55F3N4O11S4/c1-9-10-11-12-13-14-35(38-29(18-20-70(8,67)68)33(56)22-34(57)40(38)55-46(60)62-6)65-45-42(66-37-23-36(61-5)32(24-63-37)53-25(2)3)44(59)47(69-7,26(4)64-45)43(58)41-39-28(17-19-52-41)30-21-27(48(49,50)51)15-16-31(30)54-39/h11-12,15-19,21,25-26,32-33,35-37,42,44-45,53-54,56,59H,20,22-24H2,1-8H3,(H,55,60)/b12-11-,29-18-/t26?,32?,33-,35-,36?,37?,42?,44?,45?,47?/m0/s1. The monoisotopic (exact) mass is 1050 g/mol. The number of aromatic amines is 1. The number of allylic oxidation sites excluding steroid dienone is 3. The first-order chi connectivity index (χ1) is 33.1. The number of alkyl carbamates (subject to hydrolysis) is 1. The van der Waals surface area contributed by atoms with Crippen molar-refractivity contribution in [2.45, 2.75) is 113 Å². The molecule has 0 radical (unpaired) electrons. The summed E-state index contributed by atoms with van der Waals surface area (Å²) >= 11 is 12.0. The predicted molar refractivity (Wildman–Crippen MR) is 266 cm³/mol. The number of pyridine rings is 1. The van der Waals surface area contributed by atoms with E-state index in [1.807, 2.05) is 13.8 Å². The first-order valence-corrected chi connectivity index (χ1v) is 27.3. The molecule has 8 unspecified atom stereocenters. The number of aliphatic hydroxyl groups is 2. The van der Waals surface area contributed by atoms with Crippen molar-refractivity contribution in [1.82, 2.24) is 20.6 Å². The molecule has 2 aromatic heterocycles. The van der Waals surface area contributed by atoms with E-state index in [0.29, 0.717) is 5.52 Å². The molecule has 10 atom stereocenters. The van der Waals surface area contributed by atoms with Crippen molar-refractivity contribution in [2.75, 3.05) is 39.1 Å². The van der Waals surface area contributed by atoms with Gasteiger partial charge in [-0.15, -0.1) is 17.7 Å². The van der Waals surface area contributed by atoms with Gasteiger partial charge in [0.15, 0.2) is 18.4 Å². The van der Waals surface area contributed by atoms with Gasteiger partial charge in [-0.3, -0.25) is 19.9 Å². The number of hydrogen-bond acceptors (Lipinski definition) is 16. The zero-order valence-corrected chi connectivity index (χ0v) is 42.8. The number of carbonyl (C=O) groups is 3. The van der Waals surface area contributed by atoms with Crippen molar-refractivity contribution in [2.24, 2.45) is 0 Å². The Hall–Kier alpha value is -4.27. The maximum absolute atomic E-state index is 15.4. The van der Waals surface area contributed by atoms with Crippen molar-refractivity contribution in [3.05, 3.63) is 76.8 Å². The van der Waals surface area contributed by atoms with E-state index in [-0.39, 0.29) is 69.7 Å².